The lowest BCUT2D eigenvalue weighted by Gasteiger charge is -2.15. The number of aromatic nitrogens is 2. The van der Waals surface area contributed by atoms with Gasteiger partial charge < -0.3 is 15.4 Å². The molecule has 0 fully saturated rings. The minimum atomic E-state index is -4.41. The number of benzene rings is 2. The minimum Gasteiger partial charge on any atom is -0.489 e. The Morgan fingerprint density at radius 3 is 2.50 bits per heavy atom. The Labute approximate surface area is 160 Å². The van der Waals surface area contributed by atoms with Crippen LogP contribution < -0.4 is 15.4 Å². The molecule has 0 radical (unpaired) electrons. The fraction of sp³-hybridized carbons (Fsp3) is 0.200. The average Bonchev–Trinajstić information content (AvgIpc) is 2.63. The van der Waals surface area contributed by atoms with Gasteiger partial charge in [-0.3, -0.25) is 0 Å². The molecule has 0 bridgehead atoms. The number of hydrogen-bond acceptors (Lipinski definition) is 5. The molecule has 0 spiro atoms. The molecule has 146 valence electrons. The SMILES string of the molecule is CC(C)Oc1ccccc1Nc1ccnc(Nc2cccc(C(F)(F)F)c2)n1. The van der Waals surface area contributed by atoms with Crippen LogP contribution in [0.5, 0.6) is 5.75 Å². The smallest absolute Gasteiger partial charge is 0.416 e. The Hall–Kier alpha value is -3.29. The molecule has 0 amide bonds. The third kappa shape index (κ3) is 5.12. The van der Waals surface area contributed by atoms with E-state index in [1.807, 2.05) is 38.1 Å². The third-order valence-corrected chi connectivity index (χ3v) is 3.61. The molecule has 0 atom stereocenters. The van der Waals surface area contributed by atoms with Crippen molar-refractivity contribution in [1.29, 1.82) is 0 Å². The van der Waals surface area contributed by atoms with Crippen molar-refractivity contribution in [3.63, 3.8) is 0 Å². The first-order valence-electron chi connectivity index (χ1n) is 8.61. The first-order chi connectivity index (χ1) is 13.3. The van der Waals surface area contributed by atoms with E-state index in [1.165, 1.54) is 18.3 Å². The minimum absolute atomic E-state index is 0.00601. The summed E-state index contributed by atoms with van der Waals surface area (Å²) in [6.45, 7) is 3.86. The van der Waals surface area contributed by atoms with Crippen LogP contribution in [0.2, 0.25) is 0 Å². The summed E-state index contributed by atoms with van der Waals surface area (Å²) in [5, 5.41) is 5.94. The monoisotopic (exact) mass is 388 g/mol. The van der Waals surface area contributed by atoms with Crippen LogP contribution in [0.1, 0.15) is 19.4 Å². The van der Waals surface area contributed by atoms with E-state index in [-0.39, 0.29) is 17.7 Å². The highest BCUT2D eigenvalue weighted by molar-refractivity contribution is 5.65. The van der Waals surface area contributed by atoms with Gasteiger partial charge in [0.25, 0.3) is 0 Å². The van der Waals surface area contributed by atoms with Gasteiger partial charge in [0.1, 0.15) is 11.6 Å². The number of nitrogens with zero attached hydrogens (tertiary/aromatic N) is 2. The van der Waals surface area contributed by atoms with Crippen LogP contribution in [0.25, 0.3) is 0 Å². The van der Waals surface area contributed by atoms with E-state index >= 15 is 0 Å². The standard InChI is InChI=1S/C20H19F3N4O/c1-13(2)28-17-9-4-3-8-16(17)26-18-10-11-24-19(27-18)25-15-7-5-6-14(12-15)20(21,22)23/h3-13H,1-2H3,(H2,24,25,26,27). The Balaban J connectivity index is 1.79. The maximum atomic E-state index is 12.9. The molecule has 0 aliphatic rings. The number of ether oxygens (including phenoxy) is 1. The molecule has 0 aliphatic heterocycles. The molecule has 1 heterocycles. The summed E-state index contributed by atoms with van der Waals surface area (Å²) < 4.78 is 44.3. The molecule has 3 aromatic rings. The fourth-order valence-electron chi connectivity index (χ4n) is 2.46. The van der Waals surface area contributed by atoms with E-state index in [2.05, 4.69) is 20.6 Å². The van der Waals surface area contributed by atoms with Gasteiger partial charge in [0.05, 0.1) is 17.4 Å². The summed E-state index contributed by atoms with van der Waals surface area (Å²) in [6, 6.07) is 13.9. The van der Waals surface area contributed by atoms with Gasteiger partial charge in [-0.2, -0.15) is 18.2 Å². The van der Waals surface area contributed by atoms with Gasteiger partial charge in [-0.25, -0.2) is 4.98 Å². The van der Waals surface area contributed by atoms with Crippen molar-refractivity contribution in [1.82, 2.24) is 9.97 Å². The fourth-order valence-corrected chi connectivity index (χ4v) is 2.46. The van der Waals surface area contributed by atoms with Crippen LogP contribution in [0.4, 0.5) is 36.3 Å². The molecule has 3 rings (SSSR count). The highest BCUT2D eigenvalue weighted by Gasteiger charge is 2.30. The highest BCUT2D eigenvalue weighted by Crippen LogP contribution is 2.31. The zero-order valence-corrected chi connectivity index (χ0v) is 15.3. The number of halogens is 3. The van der Waals surface area contributed by atoms with Crippen LogP contribution in [0.15, 0.2) is 60.8 Å². The Morgan fingerprint density at radius 2 is 1.75 bits per heavy atom. The number of para-hydroxylation sites is 2. The molecule has 0 unspecified atom stereocenters. The second-order valence-corrected chi connectivity index (χ2v) is 6.26. The topological polar surface area (TPSA) is 59.1 Å². The summed E-state index contributed by atoms with van der Waals surface area (Å²) in [6.07, 6.45) is -2.90. The van der Waals surface area contributed by atoms with Crippen LogP contribution in [0, 0.1) is 0 Å². The molecular formula is C20H19F3N4O. The van der Waals surface area contributed by atoms with Crippen molar-refractivity contribution in [3.8, 4) is 5.75 Å². The molecule has 0 saturated carbocycles. The molecule has 28 heavy (non-hydrogen) atoms. The largest absolute Gasteiger partial charge is 0.489 e. The zero-order chi connectivity index (χ0) is 20.1. The van der Waals surface area contributed by atoms with Gasteiger partial charge in [-0.1, -0.05) is 18.2 Å². The first-order valence-corrected chi connectivity index (χ1v) is 8.61. The number of rotatable bonds is 6. The van der Waals surface area contributed by atoms with Crippen LogP contribution in [-0.2, 0) is 6.18 Å². The van der Waals surface area contributed by atoms with Gasteiger partial charge in [0.2, 0.25) is 5.95 Å². The molecule has 2 aromatic carbocycles. The molecule has 2 N–H and O–H groups in total. The second-order valence-electron chi connectivity index (χ2n) is 6.26. The maximum Gasteiger partial charge on any atom is 0.416 e. The lowest BCUT2D eigenvalue weighted by atomic mass is 10.2. The third-order valence-electron chi connectivity index (χ3n) is 3.61. The molecule has 5 nitrogen and oxygen atoms in total. The predicted molar refractivity (Wildman–Crippen MR) is 102 cm³/mol. The van der Waals surface area contributed by atoms with E-state index in [0.29, 0.717) is 11.6 Å². The van der Waals surface area contributed by atoms with Crippen molar-refractivity contribution in [2.75, 3.05) is 10.6 Å². The molecular weight excluding hydrogens is 369 g/mol. The summed E-state index contributed by atoms with van der Waals surface area (Å²) in [4.78, 5) is 8.37. The van der Waals surface area contributed by atoms with Gasteiger partial charge in [-0.15, -0.1) is 0 Å². The lowest BCUT2D eigenvalue weighted by molar-refractivity contribution is -0.137. The van der Waals surface area contributed by atoms with E-state index in [1.54, 1.807) is 6.07 Å². The molecule has 0 aliphatic carbocycles. The van der Waals surface area contributed by atoms with E-state index < -0.39 is 11.7 Å². The van der Waals surface area contributed by atoms with Crippen molar-refractivity contribution < 1.29 is 17.9 Å². The molecule has 0 saturated heterocycles. The van der Waals surface area contributed by atoms with Gasteiger partial charge in [0, 0.05) is 11.9 Å². The van der Waals surface area contributed by atoms with E-state index in [0.717, 1.165) is 17.8 Å². The number of hydrogen-bond donors (Lipinski definition) is 2. The van der Waals surface area contributed by atoms with Crippen molar-refractivity contribution in [3.05, 3.63) is 66.4 Å². The van der Waals surface area contributed by atoms with Gasteiger partial charge in [-0.05, 0) is 50.2 Å². The van der Waals surface area contributed by atoms with Crippen molar-refractivity contribution >= 4 is 23.1 Å². The van der Waals surface area contributed by atoms with Crippen molar-refractivity contribution in [2.45, 2.75) is 26.1 Å². The van der Waals surface area contributed by atoms with Gasteiger partial charge >= 0.3 is 6.18 Å². The second kappa shape index (κ2) is 8.16. The first kappa shape index (κ1) is 19.5. The number of nitrogens with one attached hydrogen (secondary N) is 2. The summed E-state index contributed by atoms with van der Waals surface area (Å²) in [5.41, 5.74) is 0.224. The van der Waals surface area contributed by atoms with Gasteiger partial charge in [0.15, 0.2) is 0 Å². The quantitative estimate of drug-likeness (QED) is 0.561. The zero-order valence-electron chi connectivity index (χ0n) is 15.3. The van der Waals surface area contributed by atoms with Crippen molar-refractivity contribution in [2.24, 2.45) is 0 Å². The summed E-state index contributed by atoms with van der Waals surface area (Å²) >= 11 is 0. The Bertz CT molecular complexity index is 944. The lowest BCUT2D eigenvalue weighted by Crippen LogP contribution is -2.08. The van der Waals surface area contributed by atoms with E-state index in [4.69, 9.17) is 4.74 Å². The maximum absolute atomic E-state index is 12.9. The average molecular weight is 388 g/mol. The predicted octanol–water partition coefficient (Wildman–Crippen LogP) is 5.77. The Morgan fingerprint density at radius 1 is 0.964 bits per heavy atom. The normalized spacial score (nSPS) is 11.4. The van der Waals surface area contributed by atoms with Crippen LogP contribution in [0.3, 0.4) is 0 Å². The van der Waals surface area contributed by atoms with Crippen LogP contribution in [-0.4, -0.2) is 16.1 Å². The molecule has 8 heteroatoms. The Kier molecular flexibility index (Phi) is 5.67. The number of alkyl halides is 3. The van der Waals surface area contributed by atoms with Crippen LogP contribution >= 0.6 is 0 Å². The summed E-state index contributed by atoms with van der Waals surface area (Å²) in [7, 11) is 0. The molecule has 1 aromatic heterocycles. The summed E-state index contributed by atoms with van der Waals surface area (Å²) in [5.74, 6) is 1.32. The number of anilines is 4. The van der Waals surface area contributed by atoms with E-state index in [9.17, 15) is 13.2 Å². The highest BCUT2D eigenvalue weighted by atomic mass is 19.4.